The molecule has 1 rings (SSSR count). The van der Waals surface area contributed by atoms with Gasteiger partial charge in [0.1, 0.15) is 0 Å². The van der Waals surface area contributed by atoms with Gasteiger partial charge in [-0.05, 0) is 25.4 Å². The number of hydrogen-bond donors (Lipinski definition) is 2. The smallest absolute Gasteiger partial charge is 0.225 e. The standard InChI is InChI=1S/C18H37N5O.HI/c1-7-22(8-2)13-15-9-12-23(14-15)17(19-6)21-11-10-20-16(24)18(3,4)5;/h15H,7-14H2,1-6H3,(H,19,21)(H,20,24);1H. The second-order valence-electron chi connectivity index (χ2n) is 7.57. The molecule has 0 bridgehead atoms. The van der Waals surface area contributed by atoms with Gasteiger partial charge < -0.3 is 20.4 Å². The summed E-state index contributed by atoms with van der Waals surface area (Å²) in [5.74, 6) is 1.74. The van der Waals surface area contributed by atoms with Crippen molar-refractivity contribution in [3.8, 4) is 0 Å². The second kappa shape index (κ2) is 11.9. The van der Waals surface area contributed by atoms with E-state index in [0.717, 1.165) is 32.1 Å². The number of nitrogens with zero attached hydrogens (tertiary/aromatic N) is 3. The maximum atomic E-state index is 11.9. The SMILES string of the molecule is CCN(CC)CC1CCN(C(=NC)NCCNC(=O)C(C)(C)C)C1.I. The fourth-order valence-corrected chi connectivity index (χ4v) is 2.97. The average Bonchev–Trinajstić information content (AvgIpc) is 2.99. The number of carbonyl (C=O) groups excluding carboxylic acids is 1. The molecule has 0 aromatic carbocycles. The topological polar surface area (TPSA) is 60.0 Å². The minimum Gasteiger partial charge on any atom is -0.354 e. The van der Waals surface area contributed by atoms with Crippen LogP contribution in [0.15, 0.2) is 4.99 Å². The Morgan fingerprint density at radius 3 is 2.32 bits per heavy atom. The summed E-state index contributed by atoms with van der Waals surface area (Å²) in [4.78, 5) is 21.1. The fourth-order valence-electron chi connectivity index (χ4n) is 2.97. The van der Waals surface area contributed by atoms with E-state index in [1.807, 2.05) is 27.8 Å². The molecule has 0 radical (unpaired) electrons. The molecule has 1 unspecified atom stereocenters. The molecule has 1 aliphatic rings. The largest absolute Gasteiger partial charge is 0.354 e. The van der Waals surface area contributed by atoms with Crippen molar-refractivity contribution in [1.82, 2.24) is 20.4 Å². The number of aliphatic imine (C=N–C) groups is 1. The Morgan fingerprint density at radius 1 is 1.20 bits per heavy atom. The summed E-state index contributed by atoms with van der Waals surface area (Å²) in [5, 5.41) is 6.33. The maximum Gasteiger partial charge on any atom is 0.225 e. The van der Waals surface area contributed by atoms with Gasteiger partial charge in [0.15, 0.2) is 5.96 Å². The summed E-state index contributed by atoms with van der Waals surface area (Å²) in [6.45, 7) is 17.1. The third-order valence-corrected chi connectivity index (χ3v) is 4.58. The summed E-state index contributed by atoms with van der Waals surface area (Å²) >= 11 is 0. The van der Waals surface area contributed by atoms with Gasteiger partial charge in [-0.3, -0.25) is 9.79 Å². The lowest BCUT2D eigenvalue weighted by molar-refractivity contribution is -0.128. The molecular weight excluding hydrogens is 429 g/mol. The van der Waals surface area contributed by atoms with E-state index in [9.17, 15) is 4.79 Å². The normalized spacial score (nSPS) is 18.3. The first-order chi connectivity index (χ1) is 11.3. The lowest BCUT2D eigenvalue weighted by Crippen LogP contribution is -2.45. The van der Waals surface area contributed by atoms with E-state index in [4.69, 9.17) is 0 Å². The van der Waals surface area contributed by atoms with Crippen molar-refractivity contribution >= 4 is 35.8 Å². The molecule has 148 valence electrons. The molecule has 1 saturated heterocycles. The highest BCUT2D eigenvalue weighted by molar-refractivity contribution is 14.0. The van der Waals surface area contributed by atoms with Crippen LogP contribution in [-0.4, -0.2) is 74.5 Å². The van der Waals surface area contributed by atoms with Gasteiger partial charge in [0.05, 0.1) is 0 Å². The second-order valence-corrected chi connectivity index (χ2v) is 7.57. The van der Waals surface area contributed by atoms with E-state index in [1.54, 1.807) is 0 Å². The molecular formula is C18H38IN5O. The van der Waals surface area contributed by atoms with E-state index >= 15 is 0 Å². The Bertz CT molecular complexity index is 418. The average molecular weight is 467 g/mol. The Labute approximate surface area is 171 Å². The molecule has 2 N–H and O–H groups in total. The zero-order chi connectivity index (χ0) is 18.2. The first kappa shape index (κ1) is 24.4. The zero-order valence-electron chi connectivity index (χ0n) is 16.9. The number of carbonyl (C=O) groups is 1. The van der Waals surface area contributed by atoms with Crippen molar-refractivity contribution in [2.75, 3.05) is 52.9 Å². The molecule has 1 fully saturated rings. The van der Waals surface area contributed by atoms with Crippen LogP contribution in [-0.2, 0) is 4.79 Å². The molecule has 1 heterocycles. The summed E-state index contributed by atoms with van der Waals surface area (Å²) < 4.78 is 0. The Kier molecular flexibility index (Phi) is 11.7. The van der Waals surface area contributed by atoms with Crippen molar-refractivity contribution in [1.29, 1.82) is 0 Å². The minimum absolute atomic E-state index is 0. The van der Waals surface area contributed by atoms with E-state index in [-0.39, 0.29) is 35.3 Å². The predicted molar refractivity (Wildman–Crippen MR) is 117 cm³/mol. The molecule has 0 spiro atoms. The molecule has 1 amide bonds. The maximum absolute atomic E-state index is 11.9. The number of rotatable bonds is 7. The van der Waals surface area contributed by atoms with Crippen LogP contribution in [0.2, 0.25) is 0 Å². The highest BCUT2D eigenvalue weighted by Gasteiger charge is 2.26. The van der Waals surface area contributed by atoms with Gasteiger partial charge in [0, 0.05) is 45.2 Å². The Hall–Kier alpha value is -0.570. The van der Waals surface area contributed by atoms with Crippen LogP contribution in [0.25, 0.3) is 0 Å². The predicted octanol–water partition coefficient (Wildman–Crippen LogP) is 2.01. The molecule has 6 nitrogen and oxygen atoms in total. The third kappa shape index (κ3) is 8.57. The van der Waals surface area contributed by atoms with Crippen LogP contribution in [0.1, 0.15) is 41.0 Å². The number of amides is 1. The number of likely N-dealkylation sites (tertiary alicyclic amines) is 1. The first-order valence-electron chi connectivity index (χ1n) is 9.28. The summed E-state index contributed by atoms with van der Waals surface area (Å²) in [6, 6.07) is 0. The number of nitrogens with one attached hydrogen (secondary N) is 2. The van der Waals surface area contributed by atoms with Crippen molar-refractivity contribution in [3.05, 3.63) is 0 Å². The van der Waals surface area contributed by atoms with Crippen molar-refractivity contribution < 1.29 is 4.79 Å². The van der Waals surface area contributed by atoms with Crippen molar-refractivity contribution in [2.24, 2.45) is 16.3 Å². The van der Waals surface area contributed by atoms with Crippen molar-refractivity contribution in [3.63, 3.8) is 0 Å². The van der Waals surface area contributed by atoms with Gasteiger partial charge in [0.25, 0.3) is 0 Å². The molecule has 7 heteroatoms. The number of halogens is 1. The first-order valence-corrected chi connectivity index (χ1v) is 9.28. The summed E-state index contributed by atoms with van der Waals surface area (Å²) in [7, 11) is 1.83. The van der Waals surface area contributed by atoms with E-state index in [1.165, 1.54) is 13.0 Å². The van der Waals surface area contributed by atoms with Crippen LogP contribution >= 0.6 is 24.0 Å². The van der Waals surface area contributed by atoms with Crippen LogP contribution in [0.3, 0.4) is 0 Å². The van der Waals surface area contributed by atoms with Crippen LogP contribution < -0.4 is 10.6 Å². The van der Waals surface area contributed by atoms with Gasteiger partial charge in [0.2, 0.25) is 5.91 Å². The summed E-state index contributed by atoms with van der Waals surface area (Å²) in [5.41, 5.74) is -0.339. The lowest BCUT2D eigenvalue weighted by Gasteiger charge is -2.24. The molecule has 0 aromatic heterocycles. The summed E-state index contributed by atoms with van der Waals surface area (Å²) in [6.07, 6.45) is 1.22. The molecule has 1 aliphatic heterocycles. The van der Waals surface area contributed by atoms with Gasteiger partial charge in [-0.25, -0.2) is 0 Å². The molecule has 1 atom stereocenters. The fraction of sp³-hybridized carbons (Fsp3) is 0.889. The van der Waals surface area contributed by atoms with Crippen LogP contribution in [0, 0.1) is 11.3 Å². The van der Waals surface area contributed by atoms with E-state index in [0.29, 0.717) is 19.0 Å². The van der Waals surface area contributed by atoms with Gasteiger partial charge in [-0.15, -0.1) is 24.0 Å². The van der Waals surface area contributed by atoms with E-state index in [2.05, 4.69) is 39.3 Å². The number of hydrogen-bond acceptors (Lipinski definition) is 3. The highest BCUT2D eigenvalue weighted by atomic mass is 127. The lowest BCUT2D eigenvalue weighted by atomic mass is 9.96. The highest BCUT2D eigenvalue weighted by Crippen LogP contribution is 2.17. The van der Waals surface area contributed by atoms with Crippen molar-refractivity contribution in [2.45, 2.75) is 41.0 Å². The molecule has 0 aliphatic carbocycles. The van der Waals surface area contributed by atoms with E-state index < -0.39 is 0 Å². The monoisotopic (exact) mass is 467 g/mol. The Balaban J connectivity index is 0.00000576. The molecule has 0 saturated carbocycles. The number of guanidine groups is 1. The van der Waals surface area contributed by atoms with Crippen LogP contribution in [0.5, 0.6) is 0 Å². The Morgan fingerprint density at radius 2 is 1.80 bits per heavy atom. The van der Waals surface area contributed by atoms with Crippen LogP contribution in [0.4, 0.5) is 0 Å². The van der Waals surface area contributed by atoms with Gasteiger partial charge >= 0.3 is 0 Å². The minimum atomic E-state index is -0.339. The third-order valence-electron chi connectivity index (χ3n) is 4.58. The molecule has 25 heavy (non-hydrogen) atoms. The zero-order valence-corrected chi connectivity index (χ0v) is 19.2. The van der Waals surface area contributed by atoms with Gasteiger partial charge in [-0.2, -0.15) is 0 Å². The van der Waals surface area contributed by atoms with Gasteiger partial charge in [-0.1, -0.05) is 34.6 Å². The quantitative estimate of drug-likeness (QED) is 0.260. The molecule has 0 aromatic rings.